The standard InChI is InChI=1S/C11H16N2O2/c1-13-6-8(2-3-9(13)14)12-10(15)11-4-7(11)5-11/h7-8H,2-6H2,1H3,(H,12,15). The number of likely N-dealkylation sites (N-methyl/N-ethyl adjacent to an activating group) is 1. The number of rotatable bonds is 2. The summed E-state index contributed by atoms with van der Waals surface area (Å²) in [6.07, 6.45) is 3.56. The molecule has 3 aliphatic rings. The van der Waals surface area contributed by atoms with Crippen molar-refractivity contribution in [3.63, 3.8) is 0 Å². The topological polar surface area (TPSA) is 49.4 Å². The van der Waals surface area contributed by atoms with Gasteiger partial charge < -0.3 is 10.2 Å². The molecule has 3 rings (SSSR count). The van der Waals surface area contributed by atoms with Crippen molar-refractivity contribution in [3.8, 4) is 0 Å². The maximum atomic E-state index is 11.8. The highest BCUT2D eigenvalue weighted by Crippen LogP contribution is 2.75. The second-order valence-electron chi connectivity index (χ2n) is 5.24. The molecule has 0 aromatic carbocycles. The molecule has 0 radical (unpaired) electrons. The van der Waals surface area contributed by atoms with Crippen molar-refractivity contribution in [2.24, 2.45) is 11.3 Å². The molecule has 4 heteroatoms. The van der Waals surface area contributed by atoms with Crippen LogP contribution in [0.5, 0.6) is 0 Å². The van der Waals surface area contributed by atoms with Crippen LogP contribution in [0.25, 0.3) is 0 Å². The van der Waals surface area contributed by atoms with Gasteiger partial charge in [-0.2, -0.15) is 0 Å². The van der Waals surface area contributed by atoms with Crippen molar-refractivity contribution < 1.29 is 9.59 Å². The quantitative estimate of drug-likeness (QED) is 0.701. The highest BCUT2D eigenvalue weighted by Gasteiger charge is 2.74. The largest absolute Gasteiger partial charge is 0.351 e. The Kier molecular flexibility index (Phi) is 1.68. The summed E-state index contributed by atoms with van der Waals surface area (Å²) in [4.78, 5) is 24.8. The number of nitrogens with one attached hydrogen (secondary N) is 1. The molecule has 1 unspecified atom stereocenters. The second-order valence-corrected chi connectivity index (χ2v) is 5.24. The lowest BCUT2D eigenvalue weighted by atomic mass is 10.0. The monoisotopic (exact) mass is 208 g/mol. The maximum Gasteiger partial charge on any atom is 0.226 e. The Hall–Kier alpha value is -1.06. The zero-order chi connectivity index (χ0) is 10.6. The molecule has 0 bridgehead atoms. The Morgan fingerprint density at radius 1 is 1.53 bits per heavy atom. The lowest BCUT2D eigenvalue weighted by Gasteiger charge is -2.30. The highest BCUT2D eigenvalue weighted by molar-refractivity contribution is 5.90. The first-order valence-electron chi connectivity index (χ1n) is 5.67. The molecule has 3 fully saturated rings. The Bertz CT molecular complexity index is 333. The summed E-state index contributed by atoms with van der Waals surface area (Å²) in [6, 6.07) is 0.177. The van der Waals surface area contributed by atoms with Gasteiger partial charge in [-0.1, -0.05) is 0 Å². The smallest absolute Gasteiger partial charge is 0.226 e. The van der Waals surface area contributed by atoms with Gasteiger partial charge in [0, 0.05) is 26.1 Å². The van der Waals surface area contributed by atoms with Gasteiger partial charge in [0.25, 0.3) is 0 Å². The SMILES string of the molecule is CN1CC(NC(=O)C23CC2C3)CCC1=O. The second kappa shape index (κ2) is 2.74. The summed E-state index contributed by atoms with van der Waals surface area (Å²) in [5.74, 6) is 1.12. The molecule has 82 valence electrons. The first-order chi connectivity index (χ1) is 7.12. The van der Waals surface area contributed by atoms with E-state index in [-0.39, 0.29) is 23.3 Å². The fourth-order valence-electron chi connectivity index (χ4n) is 2.53. The molecule has 2 amide bonds. The van der Waals surface area contributed by atoms with Crippen molar-refractivity contribution in [2.45, 2.75) is 31.7 Å². The summed E-state index contributed by atoms with van der Waals surface area (Å²) in [6.45, 7) is 0.672. The number of likely N-dealkylation sites (tertiary alicyclic amines) is 1. The van der Waals surface area contributed by atoms with Crippen LogP contribution in [0, 0.1) is 11.3 Å². The number of carbonyl (C=O) groups excluding carboxylic acids is 2. The molecule has 0 aromatic rings. The van der Waals surface area contributed by atoms with E-state index >= 15 is 0 Å². The van der Waals surface area contributed by atoms with Crippen LogP contribution in [0.2, 0.25) is 0 Å². The molecule has 15 heavy (non-hydrogen) atoms. The van der Waals surface area contributed by atoms with E-state index in [9.17, 15) is 9.59 Å². The van der Waals surface area contributed by atoms with Gasteiger partial charge in [-0.15, -0.1) is 0 Å². The summed E-state index contributed by atoms with van der Waals surface area (Å²) >= 11 is 0. The molecule has 1 saturated heterocycles. The molecule has 1 heterocycles. The summed E-state index contributed by atoms with van der Waals surface area (Å²) in [7, 11) is 1.80. The third kappa shape index (κ3) is 1.34. The van der Waals surface area contributed by atoms with Crippen LogP contribution in [-0.4, -0.2) is 36.3 Å². The van der Waals surface area contributed by atoms with Gasteiger partial charge in [0.2, 0.25) is 11.8 Å². The summed E-state index contributed by atoms with van der Waals surface area (Å²) < 4.78 is 0. The Labute approximate surface area is 89.0 Å². The van der Waals surface area contributed by atoms with E-state index in [4.69, 9.17) is 0 Å². The average molecular weight is 208 g/mol. The van der Waals surface area contributed by atoms with E-state index in [0.29, 0.717) is 18.9 Å². The first kappa shape index (κ1) is 9.19. The van der Waals surface area contributed by atoms with E-state index in [1.54, 1.807) is 11.9 Å². The van der Waals surface area contributed by atoms with Crippen LogP contribution < -0.4 is 5.32 Å². The van der Waals surface area contributed by atoms with Crippen LogP contribution in [0.15, 0.2) is 0 Å². The zero-order valence-electron chi connectivity index (χ0n) is 8.95. The van der Waals surface area contributed by atoms with Gasteiger partial charge >= 0.3 is 0 Å². The van der Waals surface area contributed by atoms with Crippen LogP contribution in [-0.2, 0) is 9.59 Å². The van der Waals surface area contributed by atoms with Gasteiger partial charge in [0.1, 0.15) is 0 Å². The van der Waals surface area contributed by atoms with Gasteiger partial charge in [0.05, 0.1) is 5.41 Å². The molecule has 1 aliphatic heterocycles. The zero-order valence-corrected chi connectivity index (χ0v) is 8.95. The van der Waals surface area contributed by atoms with Gasteiger partial charge in [0.15, 0.2) is 0 Å². The molecule has 0 aromatic heterocycles. The van der Waals surface area contributed by atoms with Crippen LogP contribution in [0.3, 0.4) is 0 Å². The minimum Gasteiger partial charge on any atom is -0.351 e. The third-order valence-electron chi connectivity index (χ3n) is 4.10. The van der Waals surface area contributed by atoms with Gasteiger partial charge in [-0.05, 0) is 25.2 Å². The molecular formula is C11H16N2O2. The predicted molar refractivity (Wildman–Crippen MR) is 54.0 cm³/mol. The molecule has 0 spiro atoms. The van der Waals surface area contributed by atoms with Crippen molar-refractivity contribution >= 4 is 11.8 Å². The van der Waals surface area contributed by atoms with Crippen LogP contribution in [0.1, 0.15) is 25.7 Å². The van der Waals surface area contributed by atoms with Crippen molar-refractivity contribution in [2.75, 3.05) is 13.6 Å². The minimum atomic E-state index is 0.0556. The van der Waals surface area contributed by atoms with Crippen molar-refractivity contribution in [1.82, 2.24) is 10.2 Å². The van der Waals surface area contributed by atoms with E-state index in [1.165, 1.54) is 0 Å². The number of nitrogens with zero attached hydrogens (tertiary/aromatic N) is 1. The Balaban J connectivity index is 1.55. The third-order valence-corrected chi connectivity index (χ3v) is 4.10. The molecule has 1 N–H and O–H groups in total. The predicted octanol–water partition coefficient (Wildman–Crippen LogP) is 0.133. The molecule has 2 aliphatic carbocycles. The molecular weight excluding hydrogens is 192 g/mol. The number of piperidine rings is 1. The number of amides is 2. The molecule has 2 saturated carbocycles. The fourth-order valence-corrected chi connectivity index (χ4v) is 2.53. The molecule has 1 atom stereocenters. The van der Waals surface area contributed by atoms with Crippen molar-refractivity contribution in [1.29, 1.82) is 0 Å². The van der Waals surface area contributed by atoms with Gasteiger partial charge in [-0.25, -0.2) is 0 Å². The fraction of sp³-hybridized carbons (Fsp3) is 0.818. The van der Waals surface area contributed by atoms with Crippen LogP contribution >= 0.6 is 0 Å². The number of fused-ring (bicyclic) bond motifs is 1. The van der Waals surface area contributed by atoms with E-state index in [1.807, 2.05) is 0 Å². The van der Waals surface area contributed by atoms with Crippen molar-refractivity contribution in [3.05, 3.63) is 0 Å². The summed E-state index contributed by atoms with van der Waals surface area (Å²) in [5.41, 5.74) is 0.0556. The van der Waals surface area contributed by atoms with Crippen LogP contribution in [0.4, 0.5) is 0 Å². The summed E-state index contributed by atoms with van der Waals surface area (Å²) in [5, 5.41) is 3.08. The average Bonchev–Trinajstić information content (AvgIpc) is 2.98. The maximum absolute atomic E-state index is 11.8. The Morgan fingerprint density at radius 3 is 2.73 bits per heavy atom. The number of carbonyl (C=O) groups is 2. The number of hydrogen-bond donors (Lipinski definition) is 1. The minimum absolute atomic E-state index is 0.0556. The van der Waals surface area contributed by atoms with E-state index < -0.39 is 0 Å². The lowest BCUT2D eigenvalue weighted by molar-refractivity contribution is -0.134. The normalized spacial score (nSPS) is 42.2. The first-order valence-corrected chi connectivity index (χ1v) is 5.67. The van der Waals surface area contributed by atoms with E-state index in [0.717, 1.165) is 19.3 Å². The number of hydrogen-bond acceptors (Lipinski definition) is 2. The Morgan fingerprint density at radius 2 is 2.20 bits per heavy atom. The molecule has 4 nitrogen and oxygen atoms in total. The van der Waals surface area contributed by atoms with E-state index in [2.05, 4.69) is 5.32 Å². The highest BCUT2D eigenvalue weighted by atomic mass is 16.2. The lowest BCUT2D eigenvalue weighted by Crippen LogP contribution is -2.49. The van der Waals surface area contributed by atoms with Gasteiger partial charge in [-0.3, -0.25) is 9.59 Å².